The molecule has 0 spiro atoms. The second-order valence-electron chi connectivity index (χ2n) is 6.10. The molecule has 1 aliphatic heterocycles. The number of anilines is 1. The highest BCUT2D eigenvalue weighted by molar-refractivity contribution is 8.14. The van der Waals surface area contributed by atoms with Gasteiger partial charge in [0, 0.05) is 31.9 Å². The zero-order valence-electron chi connectivity index (χ0n) is 15.0. The number of thioether (sulfide) groups is 1. The highest BCUT2D eigenvalue weighted by Crippen LogP contribution is 2.38. The number of nitrogens with zero attached hydrogens (tertiary/aromatic N) is 4. The van der Waals surface area contributed by atoms with Crippen molar-refractivity contribution in [2.75, 3.05) is 19.5 Å². The summed E-state index contributed by atoms with van der Waals surface area (Å²) in [5.74, 6) is -0.00801. The Labute approximate surface area is 156 Å². The lowest BCUT2D eigenvalue weighted by molar-refractivity contribution is 0.532. The van der Waals surface area contributed by atoms with Crippen molar-refractivity contribution in [2.24, 2.45) is 4.99 Å². The molecule has 0 saturated carbocycles. The molecule has 7 heteroatoms. The van der Waals surface area contributed by atoms with Crippen LogP contribution < -0.4 is 11.0 Å². The maximum absolute atomic E-state index is 12.8. The number of aromatic nitrogens is 2. The van der Waals surface area contributed by atoms with Crippen LogP contribution in [0.2, 0.25) is 0 Å². The Kier molecular flexibility index (Phi) is 5.27. The normalized spacial score (nSPS) is 17.5. The van der Waals surface area contributed by atoms with Crippen LogP contribution in [-0.4, -0.2) is 33.7 Å². The Hall–Kier alpha value is -2.80. The predicted octanol–water partition coefficient (Wildman–Crippen LogP) is 3.32. The molecule has 0 bridgehead atoms. The van der Waals surface area contributed by atoms with E-state index < -0.39 is 0 Å². The zero-order chi connectivity index (χ0) is 18.7. The third-order valence-corrected chi connectivity index (χ3v) is 5.27. The molecule has 26 heavy (non-hydrogen) atoms. The zero-order valence-corrected chi connectivity index (χ0v) is 15.8. The van der Waals surface area contributed by atoms with E-state index in [9.17, 15) is 4.79 Å². The van der Waals surface area contributed by atoms with Crippen LogP contribution in [0.3, 0.4) is 0 Å². The fourth-order valence-corrected chi connectivity index (χ4v) is 3.51. The van der Waals surface area contributed by atoms with Gasteiger partial charge in [-0.1, -0.05) is 43.5 Å². The molecule has 1 aromatic heterocycles. The van der Waals surface area contributed by atoms with Gasteiger partial charge < -0.3 is 4.90 Å². The van der Waals surface area contributed by atoms with E-state index in [2.05, 4.69) is 22.0 Å². The first-order chi connectivity index (χ1) is 12.5. The smallest absolute Gasteiger partial charge is 0.286 e. The highest BCUT2D eigenvalue weighted by Gasteiger charge is 2.30. The molecule has 1 unspecified atom stereocenters. The number of aliphatic imine (C=N–C) groups is 1. The molecule has 0 amide bonds. The molecule has 2 heterocycles. The summed E-state index contributed by atoms with van der Waals surface area (Å²) in [6.45, 7) is 5.94. The van der Waals surface area contributed by atoms with Crippen LogP contribution in [0.25, 0.3) is 0 Å². The predicted molar refractivity (Wildman–Crippen MR) is 108 cm³/mol. The van der Waals surface area contributed by atoms with E-state index in [1.807, 2.05) is 62.3 Å². The van der Waals surface area contributed by atoms with Crippen LogP contribution in [0.5, 0.6) is 0 Å². The number of nitrogens with one attached hydrogen (secondary N) is 1. The number of para-hydroxylation sites is 1. The number of rotatable bonds is 5. The van der Waals surface area contributed by atoms with Crippen molar-refractivity contribution in [2.45, 2.75) is 17.7 Å². The summed E-state index contributed by atoms with van der Waals surface area (Å²) in [6.07, 6.45) is 5.08. The number of fused-ring (bicyclic) bond motifs is 1. The number of allylic oxidation sites excluding steroid dienone is 1. The fraction of sp³-hybridized carbons (Fsp3) is 0.211. The number of likely N-dealkylation sites (N-methyl/N-ethyl adjacent to an activating group) is 1. The summed E-state index contributed by atoms with van der Waals surface area (Å²) in [6, 6.07) is 9.52. The standard InChI is InChI=1S/C19H21N5OS/c1-13(23(3)4)10-11-20-18-14(2)16-17(26-18)19(25)24(12-21-16)22-15-8-6-5-7-9-15/h5-12,14,22H,1H2,2-4H3/b11-10-,20-18+. The van der Waals surface area contributed by atoms with Crippen LogP contribution in [-0.2, 0) is 0 Å². The molecule has 1 aliphatic rings. The first-order valence-electron chi connectivity index (χ1n) is 8.19. The van der Waals surface area contributed by atoms with Gasteiger partial charge in [-0.2, -0.15) is 0 Å². The van der Waals surface area contributed by atoms with E-state index in [1.165, 1.54) is 22.8 Å². The summed E-state index contributed by atoms with van der Waals surface area (Å²) in [4.78, 5) is 24.3. The van der Waals surface area contributed by atoms with Crippen molar-refractivity contribution in [3.8, 4) is 0 Å². The Bertz CT molecular complexity index is 931. The van der Waals surface area contributed by atoms with Gasteiger partial charge >= 0.3 is 0 Å². The Morgan fingerprint density at radius 1 is 1.38 bits per heavy atom. The van der Waals surface area contributed by atoms with Crippen molar-refractivity contribution in [1.29, 1.82) is 0 Å². The van der Waals surface area contributed by atoms with Crippen molar-refractivity contribution >= 4 is 22.5 Å². The van der Waals surface area contributed by atoms with E-state index >= 15 is 0 Å². The van der Waals surface area contributed by atoms with Crippen LogP contribution in [0.1, 0.15) is 18.5 Å². The highest BCUT2D eigenvalue weighted by atomic mass is 32.2. The van der Waals surface area contributed by atoms with E-state index in [0.29, 0.717) is 4.90 Å². The van der Waals surface area contributed by atoms with Crippen LogP contribution in [0.15, 0.2) is 75.9 Å². The minimum atomic E-state index is -0.123. The maximum atomic E-state index is 12.8. The van der Waals surface area contributed by atoms with Crippen LogP contribution >= 0.6 is 11.8 Å². The average Bonchev–Trinajstić information content (AvgIpc) is 2.95. The average molecular weight is 367 g/mol. The fourth-order valence-electron chi connectivity index (χ4n) is 2.38. The van der Waals surface area contributed by atoms with Gasteiger partial charge in [0.2, 0.25) is 0 Å². The molecule has 0 radical (unpaired) electrons. The lowest BCUT2D eigenvalue weighted by Crippen LogP contribution is -2.28. The molecule has 134 valence electrons. The quantitative estimate of drug-likeness (QED) is 0.822. The topological polar surface area (TPSA) is 62.5 Å². The maximum Gasteiger partial charge on any atom is 0.286 e. The molecular weight excluding hydrogens is 346 g/mol. The first kappa shape index (κ1) is 18.0. The van der Waals surface area contributed by atoms with Crippen molar-refractivity contribution in [1.82, 2.24) is 14.6 Å². The van der Waals surface area contributed by atoms with E-state index in [4.69, 9.17) is 0 Å². The summed E-state index contributed by atoms with van der Waals surface area (Å²) < 4.78 is 1.40. The number of benzene rings is 1. The number of hydrogen-bond acceptors (Lipinski definition) is 6. The third kappa shape index (κ3) is 3.72. The molecule has 0 fully saturated rings. The second-order valence-corrected chi connectivity index (χ2v) is 7.14. The summed E-state index contributed by atoms with van der Waals surface area (Å²) in [5, 5.41) is 0.852. The summed E-state index contributed by atoms with van der Waals surface area (Å²) >= 11 is 1.38. The minimum absolute atomic E-state index is 0.00801. The largest absolute Gasteiger partial charge is 0.378 e. The molecule has 1 aromatic carbocycles. The lowest BCUT2D eigenvalue weighted by Gasteiger charge is -2.10. The van der Waals surface area contributed by atoms with Crippen molar-refractivity contribution in [3.63, 3.8) is 0 Å². The molecule has 3 rings (SSSR count). The molecule has 1 atom stereocenters. The first-order valence-corrected chi connectivity index (χ1v) is 9.01. The Morgan fingerprint density at radius 2 is 2.12 bits per heavy atom. The van der Waals surface area contributed by atoms with Gasteiger partial charge in [-0.05, 0) is 18.2 Å². The minimum Gasteiger partial charge on any atom is -0.378 e. The van der Waals surface area contributed by atoms with Gasteiger partial charge in [0.25, 0.3) is 5.56 Å². The van der Waals surface area contributed by atoms with Gasteiger partial charge in [0.1, 0.15) is 11.2 Å². The lowest BCUT2D eigenvalue weighted by atomic mass is 10.1. The Balaban J connectivity index is 1.84. The monoisotopic (exact) mass is 367 g/mol. The van der Waals surface area contributed by atoms with Crippen LogP contribution in [0, 0.1) is 0 Å². The molecular formula is C19H21N5OS. The molecule has 0 aliphatic carbocycles. The Morgan fingerprint density at radius 3 is 2.81 bits per heavy atom. The van der Waals surface area contributed by atoms with Gasteiger partial charge in [0.05, 0.1) is 16.4 Å². The summed E-state index contributed by atoms with van der Waals surface area (Å²) in [5.41, 5.74) is 5.39. The van der Waals surface area contributed by atoms with E-state index in [1.54, 1.807) is 6.20 Å². The van der Waals surface area contributed by atoms with Gasteiger partial charge in [-0.3, -0.25) is 15.2 Å². The van der Waals surface area contributed by atoms with Crippen molar-refractivity contribution < 1.29 is 0 Å². The van der Waals surface area contributed by atoms with Gasteiger partial charge in [-0.15, -0.1) is 0 Å². The van der Waals surface area contributed by atoms with Crippen molar-refractivity contribution in [3.05, 3.63) is 77.3 Å². The summed E-state index contributed by atoms with van der Waals surface area (Å²) in [7, 11) is 3.85. The molecule has 0 saturated heterocycles. The molecule has 2 aromatic rings. The molecule has 1 N–H and O–H groups in total. The van der Waals surface area contributed by atoms with E-state index in [-0.39, 0.29) is 11.5 Å². The number of hydrogen-bond donors (Lipinski definition) is 1. The second kappa shape index (κ2) is 7.61. The van der Waals surface area contributed by atoms with Crippen LogP contribution in [0.4, 0.5) is 5.69 Å². The van der Waals surface area contributed by atoms with Gasteiger partial charge in [0.15, 0.2) is 0 Å². The van der Waals surface area contributed by atoms with E-state index in [0.717, 1.165) is 22.1 Å². The molecule has 6 nitrogen and oxygen atoms in total. The third-order valence-electron chi connectivity index (χ3n) is 4.01. The van der Waals surface area contributed by atoms with Gasteiger partial charge in [-0.25, -0.2) is 9.66 Å². The SMILES string of the molecule is C=C(/C=C\N=C1\Sc2c(ncn(Nc3ccccc3)c2=O)C1C)N(C)C.